The highest BCUT2D eigenvalue weighted by atomic mass is 16.5. The molecule has 0 aromatic heterocycles. The first-order chi connectivity index (χ1) is 6.72. The van der Waals surface area contributed by atoms with Gasteiger partial charge in [0.25, 0.3) is 0 Å². The average Bonchev–Trinajstić information content (AvgIpc) is 2.36. The van der Waals surface area contributed by atoms with Crippen LogP contribution in [0.2, 0.25) is 0 Å². The second-order valence-electron chi connectivity index (χ2n) is 3.05. The molecule has 0 saturated carbocycles. The topological polar surface area (TPSA) is 27.7 Å². The van der Waals surface area contributed by atoms with Gasteiger partial charge in [0.05, 0.1) is 14.2 Å². The van der Waals surface area contributed by atoms with Crippen molar-refractivity contribution in [3.63, 3.8) is 0 Å². The van der Waals surface area contributed by atoms with Crippen molar-refractivity contribution in [1.82, 2.24) is 0 Å². The Labute approximate surface area is 84.7 Å². The molecule has 0 bridgehead atoms. The summed E-state index contributed by atoms with van der Waals surface area (Å²) >= 11 is 0. The molecule has 0 aromatic rings. The smallest absolute Gasteiger partial charge is 0.166 e. The Hall–Kier alpha value is -1.22. The Morgan fingerprint density at radius 3 is 2.50 bits per heavy atom. The van der Waals surface area contributed by atoms with E-state index in [-0.39, 0.29) is 6.10 Å². The first kappa shape index (κ1) is 10.9. The largest absolute Gasteiger partial charge is 0.497 e. The minimum atomic E-state index is -0.186. The van der Waals surface area contributed by atoms with Crippen LogP contribution in [0.1, 0.15) is 6.42 Å². The van der Waals surface area contributed by atoms with Crippen molar-refractivity contribution in [2.75, 3.05) is 21.3 Å². The van der Waals surface area contributed by atoms with Crippen molar-refractivity contribution in [3.05, 3.63) is 35.8 Å². The van der Waals surface area contributed by atoms with Crippen LogP contribution in [0.4, 0.5) is 0 Å². The highest BCUT2D eigenvalue weighted by Gasteiger charge is 2.20. The SMILES string of the molecule is C=C1C=CC(OC)C(OC)=C(OC)C1. The molecule has 1 rings (SSSR count). The molecule has 3 heteroatoms. The van der Waals surface area contributed by atoms with Crippen LogP contribution >= 0.6 is 0 Å². The van der Waals surface area contributed by atoms with Gasteiger partial charge in [0.2, 0.25) is 0 Å². The molecule has 78 valence electrons. The fraction of sp³-hybridized carbons (Fsp3) is 0.455. The van der Waals surface area contributed by atoms with Gasteiger partial charge >= 0.3 is 0 Å². The lowest BCUT2D eigenvalue weighted by Crippen LogP contribution is -2.14. The molecule has 3 nitrogen and oxygen atoms in total. The van der Waals surface area contributed by atoms with Gasteiger partial charge in [-0.05, 0) is 11.6 Å². The second-order valence-corrected chi connectivity index (χ2v) is 3.05. The van der Waals surface area contributed by atoms with Gasteiger partial charge < -0.3 is 14.2 Å². The Balaban J connectivity index is 3.04. The van der Waals surface area contributed by atoms with E-state index < -0.39 is 0 Å². The lowest BCUT2D eigenvalue weighted by molar-refractivity contribution is 0.0951. The number of rotatable bonds is 3. The summed E-state index contributed by atoms with van der Waals surface area (Å²) in [5, 5.41) is 0. The number of ether oxygens (including phenoxy) is 3. The molecule has 0 N–H and O–H groups in total. The van der Waals surface area contributed by atoms with E-state index in [1.165, 1.54) is 0 Å². The van der Waals surface area contributed by atoms with Gasteiger partial charge in [-0.1, -0.05) is 12.7 Å². The summed E-state index contributed by atoms with van der Waals surface area (Å²) in [4.78, 5) is 0. The third-order valence-electron chi connectivity index (χ3n) is 2.15. The minimum Gasteiger partial charge on any atom is -0.497 e. The molecule has 1 atom stereocenters. The van der Waals surface area contributed by atoms with E-state index in [4.69, 9.17) is 14.2 Å². The molecule has 0 spiro atoms. The molecule has 14 heavy (non-hydrogen) atoms. The van der Waals surface area contributed by atoms with Crippen molar-refractivity contribution in [2.24, 2.45) is 0 Å². The molecule has 0 radical (unpaired) electrons. The molecule has 0 amide bonds. The summed E-state index contributed by atoms with van der Waals surface area (Å²) < 4.78 is 15.8. The van der Waals surface area contributed by atoms with E-state index in [1.54, 1.807) is 21.3 Å². The van der Waals surface area contributed by atoms with Crippen LogP contribution in [0.15, 0.2) is 35.8 Å². The number of hydrogen-bond donors (Lipinski definition) is 0. The maximum absolute atomic E-state index is 5.26. The van der Waals surface area contributed by atoms with Crippen LogP contribution < -0.4 is 0 Å². The van der Waals surface area contributed by atoms with Crippen LogP contribution in [-0.4, -0.2) is 27.4 Å². The van der Waals surface area contributed by atoms with Gasteiger partial charge in [-0.25, -0.2) is 0 Å². The first-order valence-electron chi connectivity index (χ1n) is 4.42. The summed E-state index contributed by atoms with van der Waals surface area (Å²) in [5.41, 5.74) is 0.982. The third-order valence-corrected chi connectivity index (χ3v) is 2.15. The molecule has 1 unspecified atom stereocenters. The third kappa shape index (κ3) is 2.17. The Kier molecular flexibility index (Phi) is 3.77. The molecule has 0 heterocycles. The number of hydrogen-bond acceptors (Lipinski definition) is 3. The van der Waals surface area contributed by atoms with Crippen LogP contribution in [0, 0.1) is 0 Å². The molecule has 0 fully saturated rings. The van der Waals surface area contributed by atoms with Gasteiger partial charge in [-0.3, -0.25) is 0 Å². The molecular formula is C11H16O3. The van der Waals surface area contributed by atoms with Gasteiger partial charge in [-0.15, -0.1) is 0 Å². The maximum atomic E-state index is 5.26. The molecular weight excluding hydrogens is 180 g/mol. The maximum Gasteiger partial charge on any atom is 0.166 e. The minimum absolute atomic E-state index is 0.186. The quantitative estimate of drug-likeness (QED) is 0.691. The van der Waals surface area contributed by atoms with Crippen molar-refractivity contribution < 1.29 is 14.2 Å². The number of allylic oxidation sites excluding steroid dienone is 2. The Morgan fingerprint density at radius 2 is 2.00 bits per heavy atom. The summed E-state index contributed by atoms with van der Waals surface area (Å²) in [6, 6.07) is 0. The molecule has 0 aromatic carbocycles. The van der Waals surface area contributed by atoms with Crippen molar-refractivity contribution >= 4 is 0 Å². The van der Waals surface area contributed by atoms with Gasteiger partial charge in [0.1, 0.15) is 11.9 Å². The predicted octanol–water partition coefficient (Wildman–Crippen LogP) is 2.02. The van der Waals surface area contributed by atoms with Crippen LogP contribution in [0.5, 0.6) is 0 Å². The molecule has 0 aliphatic heterocycles. The van der Waals surface area contributed by atoms with E-state index in [9.17, 15) is 0 Å². The lowest BCUT2D eigenvalue weighted by atomic mass is 10.2. The summed E-state index contributed by atoms with van der Waals surface area (Å²) in [5.74, 6) is 1.49. The summed E-state index contributed by atoms with van der Waals surface area (Å²) in [7, 11) is 4.87. The van der Waals surface area contributed by atoms with Gasteiger partial charge in [-0.2, -0.15) is 0 Å². The van der Waals surface area contributed by atoms with Crippen LogP contribution in [0.25, 0.3) is 0 Å². The lowest BCUT2D eigenvalue weighted by Gasteiger charge is -2.16. The standard InChI is InChI=1S/C11H16O3/c1-8-5-6-9(12-2)11(14-4)10(7-8)13-3/h5-6,9H,1,7H2,2-4H3. The first-order valence-corrected chi connectivity index (χ1v) is 4.42. The highest BCUT2D eigenvalue weighted by Crippen LogP contribution is 2.24. The summed E-state index contributed by atoms with van der Waals surface area (Å²) in [6.07, 6.45) is 4.32. The molecule has 1 aliphatic carbocycles. The summed E-state index contributed by atoms with van der Waals surface area (Å²) in [6.45, 7) is 3.90. The fourth-order valence-corrected chi connectivity index (χ4v) is 1.41. The van der Waals surface area contributed by atoms with E-state index >= 15 is 0 Å². The van der Waals surface area contributed by atoms with Crippen molar-refractivity contribution in [1.29, 1.82) is 0 Å². The van der Waals surface area contributed by atoms with Crippen LogP contribution in [-0.2, 0) is 14.2 Å². The van der Waals surface area contributed by atoms with E-state index in [0.29, 0.717) is 12.2 Å². The average molecular weight is 196 g/mol. The number of methoxy groups -OCH3 is 3. The second kappa shape index (κ2) is 4.86. The van der Waals surface area contributed by atoms with Crippen LogP contribution in [0.3, 0.4) is 0 Å². The Morgan fingerprint density at radius 1 is 1.29 bits per heavy atom. The van der Waals surface area contributed by atoms with E-state index in [0.717, 1.165) is 11.3 Å². The molecule has 1 aliphatic rings. The fourth-order valence-electron chi connectivity index (χ4n) is 1.41. The van der Waals surface area contributed by atoms with Crippen molar-refractivity contribution in [3.8, 4) is 0 Å². The van der Waals surface area contributed by atoms with E-state index in [1.807, 2.05) is 12.2 Å². The predicted molar refractivity (Wildman–Crippen MR) is 54.7 cm³/mol. The van der Waals surface area contributed by atoms with Gasteiger partial charge in [0, 0.05) is 13.5 Å². The zero-order chi connectivity index (χ0) is 10.6. The molecule has 0 saturated heterocycles. The monoisotopic (exact) mass is 196 g/mol. The highest BCUT2D eigenvalue weighted by molar-refractivity contribution is 5.30. The van der Waals surface area contributed by atoms with Gasteiger partial charge in [0.15, 0.2) is 5.76 Å². The normalized spacial score (nSPS) is 22.2. The van der Waals surface area contributed by atoms with E-state index in [2.05, 4.69) is 6.58 Å². The zero-order valence-corrected chi connectivity index (χ0v) is 8.87. The zero-order valence-electron chi connectivity index (χ0n) is 8.87. The van der Waals surface area contributed by atoms with Crippen molar-refractivity contribution in [2.45, 2.75) is 12.5 Å². The Bertz CT molecular complexity index is 276.